The van der Waals surface area contributed by atoms with Crippen molar-refractivity contribution in [3.8, 4) is 5.69 Å². The SMILES string of the molecule is Cc1nc(C(=O)NCC2CNC2)nn1-c1c(Cl)cccc1Cl.Cl. The molecule has 1 fully saturated rings. The van der Waals surface area contributed by atoms with Gasteiger partial charge in [0.2, 0.25) is 5.82 Å². The van der Waals surface area contributed by atoms with E-state index < -0.39 is 0 Å². The number of halogens is 3. The second-order valence-electron chi connectivity index (χ2n) is 5.20. The average molecular weight is 377 g/mol. The van der Waals surface area contributed by atoms with Crippen molar-refractivity contribution in [1.82, 2.24) is 25.4 Å². The first-order valence-electron chi connectivity index (χ1n) is 6.93. The number of benzene rings is 1. The van der Waals surface area contributed by atoms with E-state index in [9.17, 15) is 4.79 Å². The van der Waals surface area contributed by atoms with Gasteiger partial charge in [0.1, 0.15) is 11.5 Å². The fourth-order valence-corrected chi connectivity index (χ4v) is 2.76. The second kappa shape index (κ2) is 7.49. The molecule has 2 N–H and O–H groups in total. The molecule has 1 aliphatic heterocycles. The van der Waals surface area contributed by atoms with Crippen molar-refractivity contribution in [3.63, 3.8) is 0 Å². The fraction of sp³-hybridized carbons (Fsp3) is 0.357. The minimum Gasteiger partial charge on any atom is -0.349 e. The van der Waals surface area contributed by atoms with Crippen LogP contribution < -0.4 is 10.6 Å². The maximum atomic E-state index is 12.1. The highest BCUT2D eigenvalue weighted by atomic mass is 35.5. The monoisotopic (exact) mass is 375 g/mol. The Balaban J connectivity index is 0.00000192. The van der Waals surface area contributed by atoms with Crippen LogP contribution in [0.5, 0.6) is 0 Å². The molecular weight excluding hydrogens is 361 g/mol. The first kappa shape index (κ1) is 18.0. The van der Waals surface area contributed by atoms with Gasteiger partial charge in [-0.25, -0.2) is 9.67 Å². The van der Waals surface area contributed by atoms with Gasteiger partial charge in [-0.1, -0.05) is 29.3 Å². The quantitative estimate of drug-likeness (QED) is 0.858. The average Bonchev–Trinajstić information content (AvgIpc) is 2.79. The van der Waals surface area contributed by atoms with E-state index in [1.165, 1.54) is 4.68 Å². The highest BCUT2D eigenvalue weighted by molar-refractivity contribution is 6.37. The molecule has 1 aromatic carbocycles. The molecule has 2 heterocycles. The van der Waals surface area contributed by atoms with Crippen LogP contribution in [0, 0.1) is 12.8 Å². The lowest BCUT2D eigenvalue weighted by Crippen LogP contribution is -2.48. The first-order valence-corrected chi connectivity index (χ1v) is 7.69. The van der Waals surface area contributed by atoms with Crippen LogP contribution in [-0.2, 0) is 0 Å². The molecule has 23 heavy (non-hydrogen) atoms. The summed E-state index contributed by atoms with van der Waals surface area (Å²) >= 11 is 12.3. The normalized spacial score (nSPS) is 14.0. The number of carbonyl (C=O) groups excluding carboxylic acids is 1. The highest BCUT2D eigenvalue weighted by Crippen LogP contribution is 2.28. The van der Waals surface area contributed by atoms with E-state index in [1.54, 1.807) is 25.1 Å². The molecule has 3 rings (SSSR count). The minimum absolute atomic E-state index is 0. The van der Waals surface area contributed by atoms with Crippen molar-refractivity contribution in [2.45, 2.75) is 6.92 Å². The van der Waals surface area contributed by atoms with Gasteiger partial charge in [0.25, 0.3) is 5.91 Å². The Morgan fingerprint density at radius 1 is 1.39 bits per heavy atom. The van der Waals surface area contributed by atoms with Gasteiger partial charge in [-0.2, -0.15) is 0 Å². The number of aryl methyl sites for hydroxylation is 1. The van der Waals surface area contributed by atoms with Gasteiger partial charge in [0.05, 0.1) is 10.0 Å². The Hall–Kier alpha value is -1.34. The molecule has 9 heteroatoms. The lowest BCUT2D eigenvalue weighted by atomic mass is 10.0. The van der Waals surface area contributed by atoms with Gasteiger partial charge >= 0.3 is 0 Å². The molecule has 2 aromatic rings. The standard InChI is InChI=1S/C14H15Cl2N5O.ClH/c1-8-19-13(14(22)18-7-9-5-17-6-9)20-21(8)12-10(15)3-2-4-11(12)16;/h2-4,9,17H,5-7H2,1H3,(H,18,22);1H. The Morgan fingerprint density at radius 2 is 2.04 bits per heavy atom. The summed E-state index contributed by atoms with van der Waals surface area (Å²) in [6.45, 7) is 4.22. The Morgan fingerprint density at radius 3 is 2.61 bits per heavy atom. The number of hydrogen-bond donors (Lipinski definition) is 2. The maximum Gasteiger partial charge on any atom is 0.290 e. The zero-order valence-corrected chi connectivity index (χ0v) is 14.7. The third-order valence-electron chi connectivity index (χ3n) is 3.54. The number of carbonyl (C=O) groups is 1. The molecule has 0 saturated carbocycles. The molecular formula is C14H16Cl3N5O. The van der Waals surface area contributed by atoms with Crippen LogP contribution in [0.4, 0.5) is 0 Å². The summed E-state index contributed by atoms with van der Waals surface area (Å²) in [5, 5.41) is 11.1. The topological polar surface area (TPSA) is 71.8 Å². The molecule has 0 atom stereocenters. The van der Waals surface area contributed by atoms with E-state index in [1.807, 2.05) is 0 Å². The number of nitrogens with one attached hydrogen (secondary N) is 2. The number of hydrogen-bond acceptors (Lipinski definition) is 4. The summed E-state index contributed by atoms with van der Waals surface area (Å²) in [7, 11) is 0. The van der Waals surface area contributed by atoms with Crippen molar-refractivity contribution in [3.05, 3.63) is 39.9 Å². The fourth-order valence-electron chi connectivity index (χ4n) is 2.20. The highest BCUT2D eigenvalue weighted by Gasteiger charge is 2.21. The summed E-state index contributed by atoms with van der Waals surface area (Å²) < 4.78 is 1.49. The molecule has 1 amide bonds. The molecule has 1 aromatic heterocycles. The zero-order chi connectivity index (χ0) is 15.7. The van der Waals surface area contributed by atoms with Gasteiger partial charge < -0.3 is 10.6 Å². The Kier molecular flexibility index (Phi) is 5.86. The summed E-state index contributed by atoms with van der Waals surface area (Å²) in [6, 6.07) is 5.18. The third kappa shape index (κ3) is 3.77. The van der Waals surface area contributed by atoms with Gasteiger partial charge in [-0.3, -0.25) is 4.79 Å². The van der Waals surface area contributed by atoms with E-state index in [2.05, 4.69) is 20.7 Å². The first-order chi connectivity index (χ1) is 10.6. The van der Waals surface area contributed by atoms with E-state index in [4.69, 9.17) is 23.2 Å². The smallest absolute Gasteiger partial charge is 0.290 e. The largest absolute Gasteiger partial charge is 0.349 e. The number of rotatable bonds is 4. The van der Waals surface area contributed by atoms with Crippen molar-refractivity contribution < 1.29 is 4.79 Å². The molecule has 0 radical (unpaired) electrons. The van der Waals surface area contributed by atoms with Crippen LogP contribution >= 0.6 is 35.6 Å². The molecule has 0 aliphatic carbocycles. The van der Waals surface area contributed by atoms with E-state index in [-0.39, 0.29) is 24.1 Å². The van der Waals surface area contributed by atoms with E-state index >= 15 is 0 Å². The summed E-state index contributed by atoms with van der Waals surface area (Å²) in [5.41, 5.74) is 0.526. The Labute approximate surface area is 150 Å². The van der Waals surface area contributed by atoms with Crippen molar-refractivity contribution in [1.29, 1.82) is 0 Å². The summed E-state index contributed by atoms with van der Waals surface area (Å²) in [4.78, 5) is 16.3. The Bertz CT molecular complexity index is 694. The molecule has 124 valence electrons. The minimum atomic E-state index is -0.295. The summed E-state index contributed by atoms with van der Waals surface area (Å²) in [5.74, 6) is 0.841. The third-order valence-corrected chi connectivity index (χ3v) is 4.15. The maximum absolute atomic E-state index is 12.1. The number of nitrogens with zero attached hydrogens (tertiary/aromatic N) is 3. The van der Waals surface area contributed by atoms with Gasteiger partial charge in [-0.05, 0) is 19.1 Å². The molecule has 1 aliphatic rings. The predicted molar refractivity (Wildman–Crippen MR) is 92.1 cm³/mol. The van der Waals surface area contributed by atoms with Crippen LogP contribution in [0.25, 0.3) is 5.69 Å². The van der Waals surface area contributed by atoms with Crippen molar-refractivity contribution in [2.75, 3.05) is 19.6 Å². The molecule has 6 nitrogen and oxygen atoms in total. The molecule has 0 spiro atoms. The van der Waals surface area contributed by atoms with Crippen LogP contribution in [-0.4, -0.2) is 40.3 Å². The molecule has 0 bridgehead atoms. The number of aromatic nitrogens is 3. The van der Waals surface area contributed by atoms with Crippen LogP contribution in [0.2, 0.25) is 10.0 Å². The predicted octanol–water partition coefficient (Wildman–Crippen LogP) is 2.25. The van der Waals surface area contributed by atoms with Gasteiger partial charge in [0, 0.05) is 25.6 Å². The van der Waals surface area contributed by atoms with Crippen molar-refractivity contribution in [2.24, 2.45) is 5.92 Å². The lowest BCUT2D eigenvalue weighted by molar-refractivity contribution is 0.0932. The number of amides is 1. The van der Waals surface area contributed by atoms with Crippen LogP contribution in [0.3, 0.4) is 0 Å². The summed E-state index contributed by atoms with van der Waals surface area (Å²) in [6.07, 6.45) is 0. The van der Waals surface area contributed by atoms with E-state index in [0.29, 0.717) is 34.0 Å². The van der Waals surface area contributed by atoms with Crippen LogP contribution in [0.15, 0.2) is 18.2 Å². The molecule has 1 saturated heterocycles. The number of para-hydroxylation sites is 1. The molecule has 0 unspecified atom stereocenters. The van der Waals surface area contributed by atoms with Gasteiger partial charge in [-0.15, -0.1) is 17.5 Å². The second-order valence-corrected chi connectivity index (χ2v) is 6.01. The van der Waals surface area contributed by atoms with Crippen LogP contribution in [0.1, 0.15) is 16.4 Å². The van der Waals surface area contributed by atoms with E-state index in [0.717, 1.165) is 13.1 Å². The zero-order valence-electron chi connectivity index (χ0n) is 12.3. The lowest BCUT2D eigenvalue weighted by Gasteiger charge is -2.26. The van der Waals surface area contributed by atoms with Crippen molar-refractivity contribution >= 4 is 41.5 Å². The van der Waals surface area contributed by atoms with Gasteiger partial charge in [0.15, 0.2) is 0 Å².